The van der Waals surface area contributed by atoms with Gasteiger partial charge in [0.25, 0.3) is 0 Å². The van der Waals surface area contributed by atoms with Crippen molar-refractivity contribution in [3.05, 3.63) is 29.3 Å². The van der Waals surface area contributed by atoms with Crippen LogP contribution in [0.3, 0.4) is 0 Å². The van der Waals surface area contributed by atoms with E-state index in [1.807, 2.05) is 12.1 Å². The second-order valence-electron chi connectivity index (χ2n) is 5.54. The maximum absolute atomic E-state index is 12.1. The Morgan fingerprint density at radius 1 is 1.22 bits per heavy atom. The van der Waals surface area contributed by atoms with Gasteiger partial charge in [-0.1, -0.05) is 18.9 Å². The number of nitrogen functional groups attached to an aromatic ring is 1. The van der Waals surface area contributed by atoms with Crippen LogP contribution in [0.5, 0.6) is 0 Å². The van der Waals surface area contributed by atoms with Crippen molar-refractivity contribution in [1.29, 1.82) is 0 Å². The van der Waals surface area contributed by atoms with Crippen LogP contribution in [-0.2, 0) is 11.2 Å². The van der Waals surface area contributed by atoms with Crippen molar-refractivity contribution in [2.24, 2.45) is 5.92 Å². The molecule has 0 heterocycles. The van der Waals surface area contributed by atoms with Crippen LogP contribution in [0.2, 0.25) is 0 Å². The van der Waals surface area contributed by atoms with Crippen molar-refractivity contribution >= 4 is 11.6 Å². The minimum absolute atomic E-state index is 0.203. The average molecular weight is 244 g/mol. The molecular weight excluding hydrogens is 224 g/mol. The predicted molar refractivity (Wildman–Crippen MR) is 72.0 cm³/mol. The third-order valence-corrected chi connectivity index (χ3v) is 4.29. The number of carbonyl (C=O) groups excluding carboxylic acids is 1. The Morgan fingerprint density at radius 3 is 2.78 bits per heavy atom. The molecule has 18 heavy (non-hydrogen) atoms. The number of hydrogen-bond donors (Lipinski definition) is 2. The monoisotopic (exact) mass is 244 g/mol. The molecule has 0 spiro atoms. The van der Waals surface area contributed by atoms with Gasteiger partial charge in [0, 0.05) is 11.6 Å². The largest absolute Gasteiger partial charge is 0.399 e. The number of hydrogen-bond acceptors (Lipinski definition) is 2. The van der Waals surface area contributed by atoms with E-state index < -0.39 is 0 Å². The average Bonchev–Trinajstić information content (AvgIpc) is 2.98. The van der Waals surface area contributed by atoms with E-state index in [9.17, 15) is 4.79 Å². The van der Waals surface area contributed by atoms with Crippen LogP contribution in [0, 0.1) is 5.92 Å². The lowest BCUT2D eigenvalue weighted by Crippen LogP contribution is -2.32. The van der Waals surface area contributed by atoms with Crippen LogP contribution in [0.15, 0.2) is 18.2 Å². The van der Waals surface area contributed by atoms with E-state index in [1.54, 1.807) is 0 Å². The quantitative estimate of drug-likeness (QED) is 0.786. The Hall–Kier alpha value is -1.51. The van der Waals surface area contributed by atoms with E-state index in [1.165, 1.54) is 24.0 Å². The number of fused-ring (bicyclic) bond motifs is 1. The number of anilines is 1. The van der Waals surface area contributed by atoms with Gasteiger partial charge < -0.3 is 11.1 Å². The zero-order valence-electron chi connectivity index (χ0n) is 10.6. The molecule has 3 rings (SSSR count). The smallest absolute Gasteiger partial charge is 0.223 e. The zero-order chi connectivity index (χ0) is 12.5. The molecule has 3 nitrogen and oxygen atoms in total. The van der Waals surface area contributed by atoms with Crippen LogP contribution in [-0.4, -0.2) is 5.91 Å². The highest BCUT2D eigenvalue weighted by Crippen LogP contribution is 2.33. The van der Waals surface area contributed by atoms with E-state index >= 15 is 0 Å². The van der Waals surface area contributed by atoms with Crippen molar-refractivity contribution < 1.29 is 4.79 Å². The number of carbonyl (C=O) groups is 1. The molecule has 1 aromatic carbocycles. The number of rotatable bonds is 2. The van der Waals surface area contributed by atoms with Gasteiger partial charge >= 0.3 is 0 Å². The van der Waals surface area contributed by atoms with Gasteiger partial charge in [0.05, 0.1) is 6.04 Å². The minimum atomic E-state index is 0.203. The molecule has 3 heteroatoms. The molecule has 1 saturated carbocycles. The Bertz CT molecular complexity index is 464. The molecule has 0 bridgehead atoms. The number of benzene rings is 1. The SMILES string of the molecule is Nc1ccc2c(c1)CCC2NC(=O)C1CCCC1. The third-order valence-electron chi connectivity index (χ3n) is 4.29. The Kier molecular flexibility index (Phi) is 2.98. The van der Waals surface area contributed by atoms with Crippen molar-refractivity contribution in [3.63, 3.8) is 0 Å². The topological polar surface area (TPSA) is 55.1 Å². The summed E-state index contributed by atoms with van der Waals surface area (Å²) >= 11 is 0. The summed E-state index contributed by atoms with van der Waals surface area (Å²) in [6, 6.07) is 6.24. The molecule has 0 saturated heterocycles. The lowest BCUT2D eigenvalue weighted by atomic mass is 10.0. The fraction of sp³-hybridized carbons (Fsp3) is 0.533. The van der Waals surface area contributed by atoms with E-state index in [4.69, 9.17) is 5.73 Å². The second-order valence-corrected chi connectivity index (χ2v) is 5.54. The molecule has 0 aliphatic heterocycles. The summed E-state index contributed by atoms with van der Waals surface area (Å²) in [6.45, 7) is 0. The first-order chi connectivity index (χ1) is 8.74. The number of nitrogens with one attached hydrogen (secondary N) is 1. The molecule has 1 amide bonds. The summed E-state index contributed by atoms with van der Waals surface area (Å²) in [7, 11) is 0. The molecule has 3 N–H and O–H groups in total. The van der Waals surface area contributed by atoms with Crippen molar-refractivity contribution in [2.45, 2.75) is 44.6 Å². The summed E-state index contributed by atoms with van der Waals surface area (Å²) in [6.07, 6.45) is 6.57. The fourth-order valence-corrected chi connectivity index (χ4v) is 3.26. The van der Waals surface area contributed by atoms with Crippen LogP contribution >= 0.6 is 0 Å². The molecule has 1 unspecified atom stereocenters. The Morgan fingerprint density at radius 2 is 2.00 bits per heavy atom. The molecule has 1 fully saturated rings. The number of nitrogens with two attached hydrogens (primary N) is 1. The molecule has 0 radical (unpaired) electrons. The van der Waals surface area contributed by atoms with E-state index in [-0.39, 0.29) is 17.9 Å². The fourth-order valence-electron chi connectivity index (χ4n) is 3.26. The maximum atomic E-state index is 12.1. The highest BCUT2D eigenvalue weighted by Gasteiger charge is 2.28. The van der Waals surface area contributed by atoms with Gasteiger partial charge in [-0.2, -0.15) is 0 Å². The normalized spacial score (nSPS) is 23.0. The lowest BCUT2D eigenvalue weighted by molar-refractivity contribution is -0.125. The van der Waals surface area contributed by atoms with Crippen LogP contribution < -0.4 is 11.1 Å². The zero-order valence-corrected chi connectivity index (χ0v) is 10.6. The molecule has 2 aliphatic carbocycles. The number of amides is 1. The first kappa shape index (κ1) is 11.6. The van der Waals surface area contributed by atoms with Gasteiger partial charge in [-0.05, 0) is 48.9 Å². The predicted octanol–water partition coefficient (Wildman–Crippen LogP) is 2.56. The summed E-state index contributed by atoms with van der Waals surface area (Å²) in [4.78, 5) is 12.1. The van der Waals surface area contributed by atoms with Crippen LogP contribution in [0.25, 0.3) is 0 Å². The summed E-state index contributed by atoms with van der Waals surface area (Å²) in [5, 5.41) is 3.22. The van der Waals surface area contributed by atoms with E-state index in [0.29, 0.717) is 0 Å². The maximum Gasteiger partial charge on any atom is 0.223 e. The van der Waals surface area contributed by atoms with Crippen molar-refractivity contribution in [3.8, 4) is 0 Å². The highest BCUT2D eigenvalue weighted by molar-refractivity contribution is 5.79. The summed E-state index contributed by atoms with van der Waals surface area (Å²) < 4.78 is 0. The molecule has 1 atom stereocenters. The summed E-state index contributed by atoms with van der Waals surface area (Å²) in [5.74, 6) is 0.505. The van der Waals surface area contributed by atoms with Gasteiger partial charge in [0.15, 0.2) is 0 Å². The van der Waals surface area contributed by atoms with Crippen LogP contribution in [0.4, 0.5) is 5.69 Å². The standard InChI is InChI=1S/C15H20N2O/c16-12-6-7-13-11(9-12)5-8-14(13)17-15(18)10-3-1-2-4-10/h6-7,9-10,14H,1-5,8,16H2,(H,17,18). The van der Waals surface area contributed by atoms with Gasteiger partial charge in [0.2, 0.25) is 5.91 Å². The first-order valence-electron chi connectivity index (χ1n) is 6.93. The van der Waals surface area contributed by atoms with Crippen molar-refractivity contribution in [1.82, 2.24) is 5.32 Å². The molecule has 96 valence electrons. The number of aryl methyl sites for hydroxylation is 1. The Balaban J connectivity index is 1.70. The highest BCUT2D eigenvalue weighted by atomic mass is 16.1. The van der Waals surface area contributed by atoms with Crippen LogP contribution in [0.1, 0.15) is 49.3 Å². The minimum Gasteiger partial charge on any atom is -0.399 e. The third kappa shape index (κ3) is 2.09. The van der Waals surface area contributed by atoms with E-state index in [0.717, 1.165) is 31.4 Å². The second kappa shape index (κ2) is 4.63. The first-order valence-corrected chi connectivity index (χ1v) is 6.93. The van der Waals surface area contributed by atoms with Gasteiger partial charge in [-0.15, -0.1) is 0 Å². The molecule has 0 aromatic heterocycles. The van der Waals surface area contributed by atoms with Crippen molar-refractivity contribution in [2.75, 3.05) is 5.73 Å². The Labute approximate surface area is 108 Å². The molecule has 2 aliphatic rings. The van der Waals surface area contributed by atoms with Gasteiger partial charge in [-0.3, -0.25) is 4.79 Å². The van der Waals surface area contributed by atoms with Gasteiger partial charge in [0.1, 0.15) is 0 Å². The van der Waals surface area contributed by atoms with E-state index in [2.05, 4.69) is 11.4 Å². The summed E-state index contributed by atoms with van der Waals surface area (Å²) in [5.41, 5.74) is 9.16. The lowest BCUT2D eigenvalue weighted by Gasteiger charge is -2.17. The molecular formula is C15H20N2O. The van der Waals surface area contributed by atoms with Gasteiger partial charge in [-0.25, -0.2) is 0 Å². The molecule has 1 aromatic rings.